The maximum absolute atomic E-state index is 12.7. The molecule has 0 spiro atoms. The number of hydrogen-bond acceptors (Lipinski definition) is 6. The van der Waals surface area contributed by atoms with Crippen LogP contribution in [-0.4, -0.2) is 60.1 Å². The van der Waals surface area contributed by atoms with Crippen LogP contribution >= 0.6 is 11.8 Å². The van der Waals surface area contributed by atoms with Crippen LogP contribution in [0.1, 0.15) is 30.4 Å². The van der Waals surface area contributed by atoms with Crippen molar-refractivity contribution in [2.45, 2.75) is 39.0 Å². The average Bonchev–Trinajstić information content (AvgIpc) is 2.94. The Hall–Kier alpha value is -1.09. The number of aromatic nitrogens is 1. The Morgan fingerprint density at radius 3 is 2.58 bits per heavy atom. The van der Waals surface area contributed by atoms with E-state index in [1.165, 1.54) is 17.3 Å². The molecule has 8 heteroatoms. The molecule has 3 rings (SSSR count). The van der Waals surface area contributed by atoms with E-state index in [0.717, 1.165) is 36.5 Å². The first-order chi connectivity index (χ1) is 12.4. The van der Waals surface area contributed by atoms with Gasteiger partial charge >= 0.3 is 0 Å². The first-order valence-corrected chi connectivity index (χ1v) is 11.7. The third-order valence-electron chi connectivity index (χ3n) is 5.15. The molecule has 0 bridgehead atoms. The molecule has 0 radical (unpaired) electrons. The molecular formula is C18H27N3O3S2. The van der Waals surface area contributed by atoms with Crippen LogP contribution in [0.5, 0.6) is 0 Å². The highest BCUT2D eigenvalue weighted by molar-refractivity contribution is 8.11. The molecule has 1 aromatic rings. The second-order valence-electron chi connectivity index (χ2n) is 6.91. The van der Waals surface area contributed by atoms with E-state index >= 15 is 0 Å². The van der Waals surface area contributed by atoms with Crippen LogP contribution in [0, 0.1) is 13.8 Å². The van der Waals surface area contributed by atoms with E-state index in [9.17, 15) is 8.42 Å². The van der Waals surface area contributed by atoms with Gasteiger partial charge < -0.3 is 4.52 Å². The van der Waals surface area contributed by atoms with Crippen molar-refractivity contribution in [1.82, 2.24) is 14.4 Å². The van der Waals surface area contributed by atoms with Gasteiger partial charge in [0.05, 0.1) is 5.69 Å². The Kier molecular flexibility index (Phi) is 6.27. The zero-order valence-electron chi connectivity index (χ0n) is 15.6. The average molecular weight is 398 g/mol. The van der Waals surface area contributed by atoms with Gasteiger partial charge in [0, 0.05) is 43.5 Å². The van der Waals surface area contributed by atoms with Gasteiger partial charge in [0.1, 0.15) is 10.8 Å². The molecule has 26 heavy (non-hydrogen) atoms. The standard InChI is InChI=1S/C18H27N3O3S2/c1-14-6-4-5-7-18(14)20-8-10-21(11-9-20)26(22,23)13-25-12-17-15(2)19-24-16(17)3/h4-6,18H,7-13H2,1-3H3. The van der Waals surface area contributed by atoms with Gasteiger partial charge in [0.15, 0.2) is 0 Å². The summed E-state index contributed by atoms with van der Waals surface area (Å²) in [6, 6.07) is 0.416. The molecule has 0 amide bonds. The quantitative estimate of drug-likeness (QED) is 0.735. The van der Waals surface area contributed by atoms with E-state index < -0.39 is 10.0 Å². The van der Waals surface area contributed by atoms with Crippen molar-refractivity contribution in [3.8, 4) is 0 Å². The fourth-order valence-electron chi connectivity index (χ4n) is 3.49. The molecule has 1 aliphatic carbocycles. The van der Waals surface area contributed by atoms with Crippen molar-refractivity contribution >= 4 is 21.8 Å². The molecule has 1 aliphatic heterocycles. The number of rotatable bonds is 6. The zero-order chi connectivity index (χ0) is 18.7. The number of hydrogen-bond donors (Lipinski definition) is 0. The zero-order valence-corrected chi connectivity index (χ0v) is 17.3. The summed E-state index contributed by atoms with van der Waals surface area (Å²) < 4.78 is 32.1. The predicted molar refractivity (Wildman–Crippen MR) is 106 cm³/mol. The lowest BCUT2D eigenvalue weighted by molar-refractivity contribution is 0.154. The number of nitrogens with zero attached hydrogens (tertiary/aromatic N) is 3. The third-order valence-corrected chi connectivity index (χ3v) is 8.65. The second kappa shape index (κ2) is 8.29. The molecule has 144 valence electrons. The van der Waals surface area contributed by atoms with Crippen molar-refractivity contribution in [1.29, 1.82) is 0 Å². The highest BCUT2D eigenvalue weighted by Crippen LogP contribution is 2.24. The molecule has 0 N–H and O–H groups in total. The lowest BCUT2D eigenvalue weighted by atomic mass is 9.98. The van der Waals surface area contributed by atoms with Gasteiger partial charge in [-0.05, 0) is 27.2 Å². The minimum Gasteiger partial charge on any atom is -0.361 e. The summed E-state index contributed by atoms with van der Waals surface area (Å²) in [5.41, 5.74) is 3.20. The first-order valence-electron chi connectivity index (χ1n) is 8.93. The fourth-order valence-corrected chi connectivity index (χ4v) is 6.59. The molecule has 1 unspecified atom stereocenters. The van der Waals surface area contributed by atoms with Crippen molar-refractivity contribution in [2.75, 3.05) is 31.3 Å². The van der Waals surface area contributed by atoms with Gasteiger partial charge in [-0.2, -0.15) is 4.31 Å². The maximum atomic E-state index is 12.7. The molecule has 2 aliphatic rings. The summed E-state index contributed by atoms with van der Waals surface area (Å²) in [4.78, 5) is 2.40. The fraction of sp³-hybridized carbons (Fsp3) is 0.611. The van der Waals surface area contributed by atoms with E-state index in [0.29, 0.717) is 24.9 Å². The highest BCUT2D eigenvalue weighted by atomic mass is 32.3. The van der Waals surface area contributed by atoms with Crippen LogP contribution in [0.2, 0.25) is 0 Å². The Morgan fingerprint density at radius 2 is 1.96 bits per heavy atom. The number of allylic oxidation sites excluding steroid dienone is 2. The van der Waals surface area contributed by atoms with Crippen molar-refractivity contribution < 1.29 is 12.9 Å². The van der Waals surface area contributed by atoms with E-state index in [1.54, 1.807) is 4.31 Å². The van der Waals surface area contributed by atoms with E-state index in [-0.39, 0.29) is 5.08 Å². The van der Waals surface area contributed by atoms with Gasteiger partial charge in [-0.1, -0.05) is 29.0 Å². The number of sulfonamides is 1. The smallest absolute Gasteiger partial charge is 0.223 e. The summed E-state index contributed by atoms with van der Waals surface area (Å²) in [5, 5.41) is 4.02. The monoisotopic (exact) mass is 397 g/mol. The van der Waals surface area contributed by atoms with Crippen LogP contribution < -0.4 is 0 Å². The van der Waals surface area contributed by atoms with E-state index in [1.807, 2.05) is 13.8 Å². The SMILES string of the molecule is CC1=CC=CCC1N1CCN(S(=O)(=O)CSCc2c(C)noc2C)CC1. The van der Waals surface area contributed by atoms with Gasteiger partial charge in [0.25, 0.3) is 0 Å². The minimum absolute atomic E-state index is 0.0994. The van der Waals surface area contributed by atoms with Gasteiger partial charge in [0.2, 0.25) is 10.0 Å². The van der Waals surface area contributed by atoms with Crippen molar-refractivity contribution in [3.05, 3.63) is 40.8 Å². The Labute approximate surface area is 160 Å². The maximum Gasteiger partial charge on any atom is 0.223 e. The van der Waals surface area contributed by atoms with E-state index in [2.05, 4.69) is 35.2 Å². The highest BCUT2D eigenvalue weighted by Gasteiger charge is 2.30. The van der Waals surface area contributed by atoms with Crippen LogP contribution in [-0.2, 0) is 15.8 Å². The topological polar surface area (TPSA) is 66.7 Å². The van der Waals surface area contributed by atoms with E-state index in [4.69, 9.17) is 4.52 Å². The number of aryl methyl sites for hydroxylation is 2. The summed E-state index contributed by atoms with van der Waals surface area (Å²) in [6.45, 7) is 8.62. The number of thioether (sulfide) groups is 1. The normalized spacial score (nSPS) is 22.6. The molecule has 2 heterocycles. The largest absolute Gasteiger partial charge is 0.361 e. The summed E-state index contributed by atoms with van der Waals surface area (Å²) in [7, 11) is -3.24. The molecule has 6 nitrogen and oxygen atoms in total. The molecule has 0 saturated carbocycles. The van der Waals surface area contributed by atoms with Crippen molar-refractivity contribution in [3.63, 3.8) is 0 Å². The Balaban J connectivity index is 1.50. The summed E-state index contributed by atoms with van der Waals surface area (Å²) in [6.07, 6.45) is 7.46. The summed E-state index contributed by atoms with van der Waals surface area (Å²) in [5.74, 6) is 1.38. The second-order valence-corrected chi connectivity index (χ2v) is 10.2. The van der Waals surface area contributed by atoms with Crippen LogP contribution in [0.15, 0.2) is 28.3 Å². The molecule has 1 aromatic heterocycles. The first kappa shape index (κ1) is 19.7. The van der Waals surface area contributed by atoms with Gasteiger partial charge in [-0.25, -0.2) is 8.42 Å². The van der Waals surface area contributed by atoms with Crippen LogP contribution in [0.25, 0.3) is 0 Å². The van der Waals surface area contributed by atoms with Gasteiger partial charge in [-0.3, -0.25) is 4.90 Å². The molecule has 0 aromatic carbocycles. The number of piperazine rings is 1. The third kappa shape index (κ3) is 4.42. The lowest BCUT2D eigenvalue weighted by Crippen LogP contribution is -2.52. The van der Waals surface area contributed by atoms with Crippen LogP contribution in [0.3, 0.4) is 0 Å². The Bertz CT molecular complexity index is 771. The molecule has 1 saturated heterocycles. The molecular weight excluding hydrogens is 370 g/mol. The van der Waals surface area contributed by atoms with Crippen molar-refractivity contribution in [2.24, 2.45) is 0 Å². The van der Waals surface area contributed by atoms with Crippen LogP contribution in [0.4, 0.5) is 0 Å². The van der Waals surface area contributed by atoms with Gasteiger partial charge in [-0.15, -0.1) is 11.8 Å². The summed E-state index contributed by atoms with van der Waals surface area (Å²) >= 11 is 1.41. The molecule has 1 fully saturated rings. The lowest BCUT2D eigenvalue weighted by Gasteiger charge is -2.39. The Morgan fingerprint density at radius 1 is 1.23 bits per heavy atom. The minimum atomic E-state index is -3.24. The molecule has 1 atom stereocenters. The predicted octanol–water partition coefficient (Wildman–Crippen LogP) is 2.70.